The molecule has 0 amide bonds. The molecule has 0 aliphatic carbocycles. The van der Waals surface area contributed by atoms with Gasteiger partial charge in [0.2, 0.25) is 0 Å². The van der Waals surface area contributed by atoms with Crippen molar-refractivity contribution in [3.05, 3.63) is 45.1 Å². The van der Waals surface area contributed by atoms with Crippen LogP contribution in [0.3, 0.4) is 0 Å². The lowest BCUT2D eigenvalue weighted by molar-refractivity contribution is 0.650. The smallest absolute Gasteiger partial charge is 0.0850 e. The Hall–Kier alpha value is -0.490. The highest BCUT2D eigenvalue weighted by atomic mass is 79.9. The van der Waals surface area contributed by atoms with Crippen molar-refractivity contribution in [3.63, 3.8) is 0 Å². The van der Waals surface area contributed by atoms with Crippen LogP contribution in [0.25, 0.3) is 0 Å². The summed E-state index contributed by atoms with van der Waals surface area (Å²) in [7, 11) is 1.92. The number of halogens is 2. The maximum Gasteiger partial charge on any atom is 0.0850 e. The van der Waals surface area contributed by atoms with Crippen LogP contribution < -0.4 is 5.73 Å². The third-order valence-corrected chi connectivity index (χ3v) is 5.90. The molecule has 0 fully saturated rings. The fraction of sp³-hybridized carbons (Fsp3) is 0.400. The van der Waals surface area contributed by atoms with Crippen LogP contribution >= 0.6 is 39.3 Å². The molecule has 0 bridgehead atoms. The Morgan fingerprint density at radius 1 is 1.43 bits per heavy atom. The Balaban J connectivity index is 1.98. The Labute approximate surface area is 143 Å². The summed E-state index contributed by atoms with van der Waals surface area (Å²) >= 11 is 11.7. The minimum absolute atomic E-state index is 0.0414. The van der Waals surface area contributed by atoms with Crippen molar-refractivity contribution in [1.82, 2.24) is 9.78 Å². The summed E-state index contributed by atoms with van der Waals surface area (Å²) in [5.74, 6) is 0.839. The molecule has 2 aromatic rings. The van der Waals surface area contributed by atoms with Crippen molar-refractivity contribution in [1.29, 1.82) is 0 Å². The fourth-order valence-electron chi connectivity index (χ4n) is 2.11. The monoisotopic (exact) mass is 387 g/mol. The number of nitrogens with two attached hydrogens (primary N) is 1. The molecule has 21 heavy (non-hydrogen) atoms. The predicted molar refractivity (Wildman–Crippen MR) is 94.1 cm³/mol. The number of hydrogen-bond donors (Lipinski definition) is 1. The van der Waals surface area contributed by atoms with Crippen LogP contribution in [-0.4, -0.2) is 21.6 Å². The first-order valence-electron chi connectivity index (χ1n) is 6.86. The number of aromatic nitrogens is 2. The highest BCUT2D eigenvalue weighted by Gasteiger charge is 2.16. The van der Waals surface area contributed by atoms with E-state index in [-0.39, 0.29) is 6.04 Å². The predicted octanol–water partition coefficient (Wildman–Crippen LogP) is 4.06. The third-order valence-electron chi connectivity index (χ3n) is 3.25. The summed E-state index contributed by atoms with van der Waals surface area (Å²) in [5, 5.41) is 5.19. The zero-order valence-electron chi connectivity index (χ0n) is 12.1. The quantitative estimate of drug-likeness (QED) is 0.759. The van der Waals surface area contributed by atoms with Gasteiger partial charge >= 0.3 is 0 Å². The van der Waals surface area contributed by atoms with E-state index in [1.165, 1.54) is 4.90 Å². The zero-order valence-corrected chi connectivity index (χ0v) is 15.3. The summed E-state index contributed by atoms with van der Waals surface area (Å²) < 4.78 is 2.96. The molecule has 0 saturated heterocycles. The lowest BCUT2D eigenvalue weighted by atomic mass is 10.2. The van der Waals surface area contributed by atoms with Crippen molar-refractivity contribution in [2.75, 3.05) is 5.75 Å². The van der Waals surface area contributed by atoms with Crippen LogP contribution in [0.1, 0.15) is 18.3 Å². The van der Waals surface area contributed by atoms with Crippen LogP contribution in [0, 0.1) is 0 Å². The number of hydrogen-bond acceptors (Lipinski definition) is 3. The summed E-state index contributed by atoms with van der Waals surface area (Å²) in [5.41, 5.74) is 8.22. The maximum atomic E-state index is 6.36. The normalized spacial score (nSPS) is 12.6. The molecular weight excluding hydrogens is 370 g/mol. The van der Waals surface area contributed by atoms with Crippen LogP contribution in [0.4, 0.5) is 0 Å². The summed E-state index contributed by atoms with van der Waals surface area (Å²) in [6.45, 7) is 2.06. The number of thioether (sulfide) groups is 1. The SMILES string of the molecule is CCc1nn(C)c(CC(N)CSc2ccccc2Br)c1Cl. The van der Waals surface area contributed by atoms with Gasteiger partial charge in [0.25, 0.3) is 0 Å². The second kappa shape index (κ2) is 7.68. The number of nitrogens with zero attached hydrogens (tertiary/aromatic N) is 2. The molecule has 0 spiro atoms. The first-order chi connectivity index (χ1) is 10.0. The topological polar surface area (TPSA) is 43.8 Å². The van der Waals surface area contributed by atoms with Gasteiger partial charge in [-0.2, -0.15) is 5.10 Å². The van der Waals surface area contributed by atoms with Gasteiger partial charge in [0.1, 0.15) is 0 Å². The molecule has 0 aliphatic heterocycles. The highest BCUT2D eigenvalue weighted by molar-refractivity contribution is 9.10. The van der Waals surface area contributed by atoms with Gasteiger partial charge in [-0.25, -0.2) is 0 Å². The molecule has 1 heterocycles. The van der Waals surface area contributed by atoms with Crippen LogP contribution in [0.2, 0.25) is 5.02 Å². The largest absolute Gasteiger partial charge is 0.327 e. The lowest BCUT2D eigenvalue weighted by Crippen LogP contribution is -2.26. The fourth-order valence-corrected chi connectivity index (χ4v) is 4.00. The molecule has 1 atom stereocenters. The molecule has 0 aliphatic rings. The van der Waals surface area contributed by atoms with Crippen molar-refractivity contribution in [3.8, 4) is 0 Å². The van der Waals surface area contributed by atoms with Crippen LogP contribution in [0.5, 0.6) is 0 Å². The third kappa shape index (κ3) is 4.25. The van der Waals surface area contributed by atoms with E-state index in [9.17, 15) is 0 Å². The molecule has 2 N–H and O–H groups in total. The Morgan fingerprint density at radius 2 is 2.14 bits per heavy atom. The van der Waals surface area contributed by atoms with E-state index in [1.54, 1.807) is 11.8 Å². The molecule has 1 aromatic carbocycles. The first kappa shape index (κ1) is 16.9. The van der Waals surface area contributed by atoms with Gasteiger partial charge in [-0.15, -0.1) is 11.8 Å². The summed E-state index contributed by atoms with van der Waals surface area (Å²) in [6, 6.07) is 8.21. The Bertz CT molecular complexity index is 615. The van der Waals surface area contributed by atoms with Crippen LogP contribution in [0.15, 0.2) is 33.6 Å². The second-order valence-corrected chi connectivity index (χ2v) is 7.18. The Kier molecular flexibility index (Phi) is 6.17. The van der Waals surface area contributed by atoms with E-state index in [1.807, 2.05) is 29.9 Å². The highest BCUT2D eigenvalue weighted by Crippen LogP contribution is 2.28. The van der Waals surface area contributed by atoms with E-state index in [2.05, 4.69) is 34.0 Å². The summed E-state index contributed by atoms with van der Waals surface area (Å²) in [4.78, 5) is 1.21. The van der Waals surface area contributed by atoms with Crippen molar-refractivity contribution in [2.24, 2.45) is 12.8 Å². The van der Waals surface area contributed by atoms with Crippen molar-refractivity contribution >= 4 is 39.3 Å². The van der Waals surface area contributed by atoms with Gasteiger partial charge in [0.05, 0.1) is 16.4 Å². The molecule has 0 radical (unpaired) electrons. The molecule has 3 nitrogen and oxygen atoms in total. The van der Waals surface area contributed by atoms with Crippen molar-refractivity contribution in [2.45, 2.75) is 30.7 Å². The standard InChI is InChI=1S/C15H19BrClN3S/c1-3-12-15(17)13(20(2)19-12)8-10(18)9-21-14-7-5-4-6-11(14)16/h4-7,10H,3,8-9,18H2,1-2H3. The van der Waals surface area contributed by atoms with Gasteiger partial charge in [-0.05, 0) is 34.5 Å². The average molecular weight is 389 g/mol. The molecule has 1 aromatic heterocycles. The van der Waals surface area contributed by atoms with E-state index in [0.29, 0.717) is 0 Å². The van der Waals surface area contributed by atoms with Gasteiger partial charge in [0, 0.05) is 34.6 Å². The van der Waals surface area contributed by atoms with E-state index in [4.69, 9.17) is 17.3 Å². The van der Waals surface area contributed by atoms with Gasteiger partial charge in [-0.1, -0.05) is 30.7 Å². The lowest BCUT2D eigenvalue weighted by Gasteiger charge is -2.12. The first-order valence-corrected chi connectivity index (χ1v) is 9.01. The van der Waals surface area contributed by atoms with Crippen molar-refractivity contribution < 1.29 is 0 Å². The number of benzene rings is 1. The van der Waals surface area contributed by atoms with Crippen LogP contribution in [-0.2, 0) is 19.9 Å². The zero-order chi connectivity index (χ0) is 15.4. The minimum Gasteiger partial charge on any atom is -0.327 e. The maximum absolute atomic E-state index is 6.36. The van der Waals surface area contributed by atoms with E-state index in [0.717, 1.165) is 39.5 Å². The molecule has 6 heteroatoms. The summed E-state index contributed by atoms with van der Waals surface area (Å²) in [6.07, 6.45) is 1.58. The van der Waals surface area contributed by atoms with E-state index < -0.39 is 0 Å². The second-order valence-electron chi connectivity index (χ2n) is 4.89. The van der Waals surface area contributed by atoms with E-state index >= 15 is 0 Å². The molecule has 2 rings (SSSR count). The Morgan fingerprint density at radius 3 is 2.76 bits per heavy atom. The number of aryl methyl sites for hydroxylation is 2. The molecular formula is C15H19BrClN3S. The minimum atomic E-state index is 0.0414. The number of rotatable bonds is 6. The molecule has 114 valence electrons. The average Bonchev–Trinajstić information content (AvgIpc) is 2.74. The van der Waals surface area contributed by atoms with Gasteiger partial charge in [-0.3, -0.25) is 4.68 Å². The van der Waals surface area contributed by atoms with Gasteiger partial charge < -0.3 is 5.73 Å². The van der Waals surface area contributed by atoms with Gasteiger partial charge in [0.15, 0.2) is 0 Å². The molecule has 0 saturated carbocycles. The molecule has 1 unspecified atom stereocenters.